The van der Waals surface area contributed by atoms with Crippen LogP contribution in [0.3, 0.4) is 0 Å². The van der Waals surface area contributed by atoms with Crippen molar-refractivity contribution in [2.75, 3.05) is 36.9 Å². The van der Waals surface area contributed by atoms with Crippen molar-refractivity contribution in [3.8, 4) is 11.5 Å². The van der Waals surface area contributed by atoms with Gasteiger partial charge < -0.3 is 19.7 Å². The smallest absolute Gasteiger partial charge is 0.323 e. The van der Waals surface area contributed by atoms with E-state index in [2.05, 4.69) is 28.6 Å². The molecule has 1 unspecified atom stereocenters. The second-order valence-electron chi connectivity index (χ2n) is 10.2. The molecule has 3 amide bonds. The standard InChI is InChI=1S/C30H34N6O5/c1-19-7-5-6-8-25(19)36-29(38)27(21(3)34(36)4)28(37)32-24-10-9-22(17-20(24)2)41-23-11-12-31-26(18-23)33-30(39)35-13-15-40-16-14-35/h5-6,8-12,17-19H,7,13-16H2,1-4H3,(H,32,37)(H,31,33,39). The highest BCUT2D eigenvalue weighted by atomic mass is 16.5. The zero-order valence-corrected chi connectivity index (χ0v) is 23.6. The highest BCUT2D eigenvalue weighted by Gasteiger charge is 2.25. The Bertz CT molecular complexity index is 1600. The van der Waals surface area contributed by atoms with Gasteiger partial charge in [-0.2, -0.15) is 0 Å². The van der Waals surface area contributed by atoms with E-state index in [1.807, 2.05) is 19.1 Å². The summed E-state index contributed by atoms with van der Waals surface area (Å²) in [6.07, 6.45) is 8.31. The summed E-state index contributed by atoms with van der Waals surface area (Å²) < 4.78 is 14.6. The van der Waals surface area contributed by atoms with E-state index in [4.69, 9.17) is 9.47 Å². The molecule has 1 aliphatic heterocycles. The molecular formula is C30H34N6O5. The number of amides is 3. The number of urea groups is 1. The Labute approximate surface area is 238 Å². The van der Waals surface area contributed by atoms with Crippen molar-refractivity contribution < 1.29 is 19.1 Å². The molecule has 3 aromatic rings. The van der Waals surface area contributed by atoms with Crippen LogP contribution in [0.15, 0.2) is 59.6 Å². The van der Waals surface area contributed by atoms with Crippen molar-refractivity contribution in [3.63, 3.8) is 0 Å². The molecule has 1 atom stereocenters. The quantitative estimate of drug-likeness (QED) is 0.458. The predicted molar refractivity (Wildman–Crippen MR) is 156 cm³/mol. The van der Waals surface area contributed by atoms with Crippen molar-refractivity contribution in [2.45, 2.75) is 27.2 Å². The normalized spacial score (nSPS) is 16.7. The van der Waals surface area contributed by atoms with Crippen LogP contribution in [0.25, 0.3) is 5.70 Å². The number of carbonyl (C=O) groups excluding carboxylic acids is 2. The van der Waals surface area contributed by atoms with Gasteiger partial charge >= 0.3 is 6.03 Å². The molecule has 0 bridgehead atoms. The number of allylic oxidation sites excluding steroid dienone is 4. The molecule has 0 radical (unpaired) electrons. The lowest BCUT2D eigenvalue weighted by Gasteiger charge is -2.26. The maximum absolute atomic E-state index is 13.4. The number of aromatic nitrogens is 3. The minimum Gasteiger partial charge on any atom is -0.457 e. The van der Waals surface area contributed by atoms with E-state index in [1.165, 1.54) is 0 Å². The van der Waals surface area contributed by atoms with Gasteiger partial charge in [0.2, 0.25) is 0 Å². The highest BCUT2D eigenvalue weighted by molar-refractivity contribution is 6.05. The minimum atomic E-state index is -0.465. The summed E-state index contributed by atoms with van der Waals surface area (Å²) >= 11 is 0. The molecule has 1 aliphatic carbocycles. The number of anilines is 2. The molecule has 2 aliphatic rings. The van der Waals surface area contributed by atoms with Crippen molar-refractivity contribution in [3.05, 3.63) is 81.9 Å². The Morgan fingerprint density at radius 2 is 1.83 bits per heavy atom. The van der Waals surface area contributed by atoms with Crippen molar-refractivity contribution in [2.24, 2.45) is 13.0 Å². The van der Waals surface area contributed by atoms with Crippen LogP contribution in [0.1, 0.15) is 35.0 Å². The molecule has 2 aromatic heterocycles. The van der Waals surface area contributed by atoms with E-state index < -0.39 is 5.91 Å². The molecule has 11 nitrogen and oxygen atoms in total. The lowest BCUT2D eigenvalue weighted by molar-refractivity contribution is 0.0564. The summed E-state index contributed by atoms with van der Waals surface area (Å²) in [7, 11) is 1.79. The number of aryl methyl sites for hydroxylation is 1. The number of morpholine rings is 1. The van der Waals surface area contributed by atoms with E-state index in [-0.39, 0.29) is 23.1 Å². The van der Waals surface area contributed by atoms with Crippen molar-refractivity contribution >= 4 is 29.1 Å². The molecule has 1 saturated heterocycles. The van der Waals surface area contributed by atoms with Gasteiger partial charge in [-0.05, 0) is 56.2 Å². The third-order valence-electron chi connectivity index (χ3n) is 7.37. The molecular weight excluding hydrogens is 524 g/mol. The number of rotatable bonds is 6. The van der Waals surface area contributed by atoms with Crippen molar-refractivity contribution in [1.29, 1.82) is 0 Å². The van der Waals surface area contributed by atoms with E-state index in [1.54, 1.807) is 64.8 Å². The fourth-order valence-corrected chi connectivity index (χ4v) is 4.93. The van der Waals surface area contributed by atoms with Gasteiger partial charge in [-0.15, -0.1) is 0 Å². The SMILES string of the molecule is Cc1cc(Oc2ccnc(NC(=O)N3CCOCC3)c2)ccc1NC(=O)c1c(C)n(C)n(C2=CC=CCC2C)c1=O. The second-order valence-corrected chi connectivity index (χ2v) is 10.2. The molecule has 0 spiro atoms. The number of nitrogens with one attached hydrogen (secondary N) is 2. The number of ether oxygens (including phenoxy) is 2. The van der Waals surface area contributed by atoms with Crippen LogP contribution < -0.4 is 20.9 Å². The average molecular weight is 559 g/mol. The number of pyridine rings is 1. The number of hydrogen-bond acceptors (Lipinski definition) is 6. The fourth-order valence-electron chi connectivity index (χ4n) is 4.93. The van der Waals surface area contributed by atoms with Gasteiger partial charge in [0, 0.05) is 49.7 Å². The molecule has 11 heteroatoms. The zero-order chi connectivity index (χ0) is 29.1. The third-order valence-corrected chi connectivity index (χ3v) is 7.37. The summed E-state index contributed by atoms with van der Waals surface area (Å²) in [6.45, 7) is 7.76. The van der Waals surface area contributed by atoms with Gasteiger partial charge in [0.1, 0.15) is 22.9 Å². The Hall–Kier alpha value is -4.64. The number of nitrogens with zero attached hydrogens (tertiary/aromatic N) is 4. The second kappa shape index (κ2) is 11.8. The predicted octanol–water partition coefficient (Wildman–Crippen LogP) is 4.54. The Kier molecular flexibility index (Phi) is 8.06. The first-order chi connectivity index (χ1) is 19.7. The monoisotopic (exact) mass is 558 g/mol. The molecule has 1 fully saturated rings. The van der Waals surface area contributed by atoms with E-state index >= 15 is 0 Å². The number of hydrogen-bond donors (Lipinski definition) is 2. The first-order valence-electron chi connectivity index (χ1n) is 13.6. The average Bonchev–Trinajstić information content (AvgIpc) is 3.18. The first-order valence-corrected chi connectivity index (χ1v) is 13.6. The summed E-state index contributed by atoms with van der Waals surface area (Å²) in [6, 6.07) is 8.35. The summed E-state index contributed by atoms with van der Waals surface area (Å²) in [4.78, 5) is 45.0. The topological polar surface area (TPSA) is 120 Å². The maximum atomic E-state index is 13.4. The fraction of sp³-hybridized carbons (Fsp3) is 0.333. The van der Waals surface area contributed by atoms with Crippen molar-refractivity contribution in [1.82, 2.24) is 19.2 Å². The van der Waals surface area contributed by atoms with Crippen LogP contribution >= 0.6 is 0 Å². The summed E-state index contributed by atoms with van der Waals surface area (Å²) in [5.41, 5.74) is 2.54. The van der Waals surface area contributed by atoms with Crippen LogP contribution in [0, 0.1) is 19.8 Å². The van der Waals surface area contributed by atoms with E-state index in [0.29, 0.717) is 55.0 Å². The lowest BCUT2D eigenvalue weighted by Crippen LogP contribution is -2.43. The summed E-state index contributed by atoms with van der Waals surface area (Å²) in [5.74, 6) is 1.11. The third kappa shape index (κ3) is 5.94. The van der Waals surface area contributed by atoms with Gasteiger partial charge in [0.25, 0.3) is 11.5 Å². The molecule has 1 aromatic carbocycles. The van der Waals surface area contributed by atoms with Crippen LogP contribution in [-0.4, -0.2) is 57.5 Å². The molecule has 2 N–H and O–H groups in total. The molecule has 3 heterocycles. The lowest BCUT2D eigenvalue weighted by atomic mass is 9.99. The first kappa shape index (κ1) is 27.9. The number of benzene rings is 1. The van der Waals surface area contributed by atoms with E-state index in [0.717, 1.165) is 17.7 Å². The summed E-state index contributed by atoms with van der Waals surface area (Å²) in [5, 5.41) is 5.68. The highest BCUT2D eigenvalue weighted by Crippen LogP contribution is 2.28. The Balaban J connectivity index is 1.28. The van der Waals surface area contributed by atoms with Crippen LogP contribution in [0.4, 0.5) is 16.3 Å². The van der Waals surface area contributed by atoms with Gasteiger partial charge in [0.05, 0.1) is 18.9 Å². The van der Waals surface area contributed by atoms with Gasteiger partial charge in [-0.1, -0.05) is 19.1 Å². The molecule has 5 rings (SSSR count). The van der Waals surface area contributed by atoms with Gasteiger partial charge in [-0.3, -0.25) is 19.6 Å². The van der Waals surface area contributed by atoms with Crippen LogP contribution in [0.2, 0.25) is 0 Å². The van der Waals surface area contributed by atoms with E-state index in [9.17, 15) is 14.4 Å². The Morgan fingerprint density at radius 1 is 1.07 bits per heavy atom. The minimum absolute atomic E-state index is 0.110. The maximum Gasteiger partial charge on any atom is 0.323 e. The number of carbonyl (C=O) groups is 2. The zero-order valence-electron chi connectivity index (χ0n) is 23.6. The van der Waals surface area contributed by atoms with Gasteiger partial charge in [-0.25, -0.2) is 14.5 Å². The van der Waals surface area contributed by atoms with Crippen LogP contribution in [-0.2, 0) is 11.8 Å². The largest absolute Gasteiger partial charge is 0.457 e. The molecule has 214 valence electrons. The molecule has 41 heavy (non-hydrogen) atoms. The van der Waals surface area contributed by atoms with Crippen LogP contribution in [0.5, 0.6) is 11.5 Å². The Morgan fingerprint density at radius 3 is 2.56 bits per heavy atom. The van der Waals surface area contributed by atoms with Gasteiger partial charge in [0.15, 0.2) is 0 Å². The molecule has 0 saturated carbocycles.